The lowest BCUT2D eigenvalue weighted by Crippen LogP contribution is -2.18. The predicted octanol–water partition coefficient (Wildman–Crippen LogP) is 4.81. The van der Waals surface area contributed by atoms with Gasteiger partial charge in [-0.25, -0.2) is 10.4 Å². The highest BCUT2D eigenvalue weighted by Crippen LogP contribution is 2.21. The number of para-hydroxylation sites is 1. The number of hydrogen-bond acceptors (Lipinski definition) is 3. The first-order chi connectivity index (χ1) is 14.1. The van der Waals surface area contributed by atoms with E-state index in [1.54, 1.807) is 18.3 Å². The van der Waals surface area contributed by atoms with Gasteiger partial charge in [-0.1, -0.05) is 59.6 Å². The van der Waals surface area contributed by atoms with Gasteiger partial charge in [-0.05, 0) is 30.7 Å². The van der Waals surface area contributed by atoms with E-state index < -0.39 is 5.91 Å². The van der Waals surface area contributed by atoms with Crippen LogP contribution < -0.4 is 5.43 Å². The van der Waals surface area contributed by atoms with Crippen LogP contribution in [0.15, 0.2) is 78.2 Å². The zero-order valence-corrected chi connectivity index (χ0v) is 16.6. The summed E-state index contributed by atoms with van der Waals surface area (Å²) in [6.45, 7) is 2.84. The molecule has 5 nitrogen and oxygen atoms in total. The van der Waals surface area contributed by atoms with Gasteiger partial charge < -0.3 is 4.57 Å². The second-order valence-corrected chi connectivity index (χ2v) is 7.11. The summed E-state index contributed by atoms with van der Waals surface area (Å²) < 4.78 is 2.18. The van der Waals surface area contributed by atoms with Crippen LogP contribution in [0.25, 0.3) is 10.9 Å². The molecule has 1 amide bonds. The maximum Gasteiger partial charge on any atom is 0.274 e. The number of halogens is 1. The van der Waals surface area contributed by atoms with E-state index in [1.165, 1.54) is 17.3 Å². The number of carbonyl (C=O) groups is 1. The third-order valence-corrected chi connectivity index (χ3v) is 4.97. The van der Waals surface area contributed by atoms with Crippen LogP contribution >= 0.6 is 11.6 Å². The average molecular weight is 403 g/mol. The highest BCUT2D eigenvalue weighted by Gasteiger charge is 2.10. The molecule has 2 aromatic carbocycles. The van der Waals surface area contributed by atoms with Gasteiger partial charge in [0.05, 0.1) is 11.8 Å². The Labute approximate surface area is 173 Å². The van der Waals surface area contributed by atoms with E-state index in [0.717, 1.165) is 23.0 Å². The Bertz CT molecular complexity index is 1200. The molecule has 29 heavy (non-hydrogen) atoms. The van der Waals surface area contributed by atoms with Crippen LogP contribution in [0.5, 0.6) is 0 Å². The van der Waals surface area contributed by atoms with Gasteiger partial charge in [0.2, 0.25) is 0 Å². The molecule has 0 aliphatic carbocycles. The quantitative estimate of drug-likeness (QED) is 0.296. The molecular weight excluding hydrogens is 384 g/mol. The zero-order chi connectivity index (χ0) is 20.2. The van der Waals surface area contributed by atoms with Crippen LogP contribution in [0.3, 0.4) is 0 Å². The van der Waals surface area contributed by atoms with E-state index in [2.05, 4.69) is 57.3 Å². The van der Waals surface area contributed by atoms with E-state index in [4.69, 9.17) is 11.6 Å². The minimum atomic E-state index is -0.400. The van der Waals surface area contributed by atoms with Crippen molar-refractivity contribution in [2.75, 3.05) is 0 Å². The standard InChI is InChI=1S/C23H19ClN4O/c1-16-8-10-17(11-9-16)14-28-15-18(19-5-2-3-7-21(19)28)13-26-27-23(29)20-6-4-12-25-22(20)24/h2-13,15H,14H2,1H3,(H,27,29). The van der Waals surface area contributed by atoms with Gasteiger partial charge in [0.1, 0.15) is 5.15 Å². The Morgan fingerprint density at radius 1 is 1.14 bits per heavy atom. The maximum atomic E-state index is 12.2. The van der Waals surface area contributed by atoms with Crippen molar-refractivity contribution in [1.82, 2.24) is 15.0 Å². The van der Waals surface area contributed by atoms with Crippen LogP contribution in [0.2, 0.25) is 5.15 Å². The minimum Gasteiger partial charge on any atom is -0.342 e. The molecular formula is C23H19ClN4O. The summed E-state index contributed by atoms with van der Waals surface area (Å²) in [5.74, 6) is -0.400. The highest BCUT2D eigenvalue weighted by atomic mass is 35.5. The fourth-order valence-electron chi connectivity index (χ4n) is 3.18. The Morgan fingerprint density at radius 3 is 2.72 bits per heavy atom. The zero-order valence-electron chi connectivity index (χ0n) is 15.8. The molecule has 1 N–H and O–H groups in total. The van der Waals surface area contributed by atoms with Crippen molar-refractivity contribution in [2.45, 2.75) is 13.5 Å². The number of nitrogens with zero attached hydrogens (tertiary/aromatic N) is 3. The Kier molecular flexibility index (Phi) is 5.40. The van der Waals surface area contributed by atoms with Gasteiger partial charge in [-0.15, -0.1) is 0 Å². The second kappa shape index (κ2) is 8.29. The van der Waals surface area contributed by atoms with Crippen molar-refractivity contribution >= 4 is 34.6 Å². The monoisotopic (exact) mass is 402 g/mol. The molecule has 4 aromatic rings. The highest BCUT2D eigenvalue weighted by molar-refractivity contribution is 6.32. The number of hydrazone groups is 1. The lowest BCUT2D eigenvalue weighted by Gasteiger charge is -2.06. The summed E-state index contributed by atoms with van der Waals surface area (Å²) in [6.07, 6.45) is 5.22. The van der Waals surface area contributed by atoms with E-state index in [-0.39, 0.29) is 10.7 Å². The van der Waals surface area contributed by atoms with Crippen LogP contribution in [0, 0.1) is 6.92 Å². The van der Waals surface area contributed by atoms with Crippen molar-refractivity contribution in [3.05, 3.63) is 100 Å². The molecule has 0 atom stereocenters. The molecule has 2 heterocycles. The topological polar surface area (TPSA) is 59.3 Å². The Hall–Kier alpha value is -3.44. The number of aryl methyl sites for hydroxylation is 1. The predicted molar refractivity (Wildman–Crippen MR) is 117 cm³/mol. The molecule has 144 valence electrons. The molecule has 0 bridgehead atoms. The summed E-state index contributed by atoms with van der Waals surface area (Å²) in [5, 5.41) is 5.33. The van der Waals surface area contributed by atoms with Gasteiger partial charge in [-0.2, -0.15) is 5.10 Å². The number of aromatic nitrogens is 2. The summed E-state index contributed by atoms with van der Waals surface area (Å²) in [6, 6.07) is 19.9. The number of benzene rings is 2. The lowest BCUT2D eigenvalue weighted by atomic mass is 10.1. The number of hydrogen-bond donors (Lipinski definition) is 1. The van der Waals surface area contributed by atoms with E-state index in [0.29, 0.717) is 0 Å². The number of pyridine rings is 1. The van der Waals surface area contributed by atoms with Crippen molar-refractivity contribution < 1.29 is 4.79 Å². The Morgan fingerprint density at radius 2 is 1.93 bits per heavy atom. The van der Waals surface area contributed by atoms with Gasteiger partial charge in [0.15, 0.2) is 0 Å². The largest absolute Gasteiger partial charge is 0.342 e. The smallest absolute Gasteiger partial charge is 0.274 e. The molecule has 0 aliphatic heterocycles. The molecule has 0 saturated heterocycles. The molecule has 6 heteroatoms. The number of rotatable bonds is 5. The third-order valence-electron chi connectivity index (χ3n) is 4.67. The van der Waals surface area contributed by atoms with Gasteiger partial charge in [0.25, 0.3) is 5.91 Å². The number of carbonyl (C=O) groups excluding carboxylic acids is 1. The van der Waals surface area contributed by atoms with Gasteiger partial charge >= 0.3 is 0 Å². The van der Waals surface area contributed by atoms with Crippen molar-refractivity contribution in [3.8, 4) is 0 Å². The van der Waals surface area contributed by atoms with Crippen LogP contribution in [-0.4, -0.2) is 21.7 Å². The molecule has 0 fully saturated rings. The number of amides is 1. The molecule has 2 aromatic heterocycles. The van der Waals surface area contributed by atoms with Gasteiger partial charge in [-0.3, -0.25) is 4.79 Å². The molecule has 0 aliphatic rings. The van der Waals surface area contributed by atoms with Crippen LogP contribution in [0.1, 0.15) is 27.0 Å². The summed E-state index contributed by atoms with van der Waals surface area (Å²) in [4.78, 5) is 16.1. The molecule has 4 rings (SSSR count). The maximum absolute atomic E-state index is 12.2. The normalized spacial score (nSPS) is 11.2. The van der Waals surface area contributed by atoms with Gasteiger partial charge in [0, 0.05) is 35.4 Å². The number of nitrogens with one attached hydrogen (secondary N) is 1. The summed E-state index contributed by atoms with van der Waals surface area (Å²) in [7, 11) is 0. The van der Waals surface area contributed by atoms with Crippen molar-refractivity contribution in [3.63, 3.8) is 0 Å². The van der Waals surface area contributed by atoms with Crippen LogP contribution in [0.4, 0.5) is 0 Å². The first kappa shape index (κ1) is 18.9. The molecule has 0 saturated carbocycles. The average Bonchev–Trinajstić information content (AvgIpc) is 3.08. The van der Waals surface area contributed by atoms with Crippen molar-refractivity contribution in [2.24, 2.45) is 5.10 Å². The molecule has 0 unspecified atom stereocenters. The SMILES string of the molecule is Cc1ccc(Cn2cc(C=NNC(=O)c3cccnc3Cl)c3ccccc32)cc1. The Balaban J connectivity index is 1.57. The van der Waals surface area contributed by atoms with Crippen LogP contribution in [-0.2, 0) is 6.54 Å². The third kappa shape index (κ3) is 4.20. The first-order valence-electron chi connectivity index (χ1n) is 9.19. The molecule has 0 radical (unpaired) electrons. The van der Waals surface area contributed by atoms with E-state index in [1.807, 2.05) is 24.4 Å². The number of fused-ring (bicyclic) bond motifs is 1. The molecule has 0 spiro atoms. The van der Waals surface area contributed by atoms with Crippen molar-refractivity contribution in [1.29, 1.82) is 0 Å². The minimum absolute atomic E-state index is 0.148. The first-order valence-corrected chi connectivity index (χ1v) is 9.57. The fraction of sp³-hybridized carbons (Fsp3) is 0.0870. The fourth-order valence-corrected chi connectivity index (χ4v) is 3.38. The second-order valence-electron chi connectivity index (χ2n) is 6.76. The summed E-state index contributed by atoms with van der Waals surface area (Å²) >= 11 is 5.96. The lowest BCUT2D eigenvalue weighted by molar-refractivity contribution is 0.0955. The van der Waals surface area contributed by atoms with E-state index >= 15 is 0 Å². The summed E-state index contributed by atoms with van der Waals surface area (Å²) in [5.41, 5.74) is 7.29. The van der Waals surface area contributed by atoms with E-state index in [9.17, 15) is 4.79 Å².